The third-order valence-corrected chi connectivity index (χ3v) is 5.95. The highest BCUT2D eigenvalue weighted by Gasteiger charge is 2.35. The number of non-ortho nitro benzene ring substituents is 2. The van der Waals surface area contributed by atoms with Crippen molar-refractivity contribution in [1.29, 1.82) is 0 Å². The van der Waals surface area contributed by atoms with Crippen molar-refractivity contribution in [3.63, 3.8) is 0 Å². The Morgan fingerprint density at radius 2 is 1.58 bits per heavy atom. The zero-order valence-electron chi connectivity index (χ0n) is 18.2. The molecule has 4 rings (SSSR count). The Morgan fingerprint density at radius 3 is 2.22 bits per heavy atom. The molecule has 180 valence electrons. The van der Waals surface area contributed by atoms with Crippen molar-refractivity contribution in [2.75, 3.05) is 0 Å². The van der Waals surface area contributed by atoms with Crippen molar-refractivity contribution in [2.24, 2.45) is 0 Å². The first-order valence-electron chi connectivity index (χ1n) is 10.3. The third-order valence-electron chi connectivity index (χ3n) is 5.04. The lowest BCUT2D eigenvalue weighted by atomic mass is 10.2. The minimum Gasteiger partial charge on any atom is -0.423 e. The van der Waals surface area contributed by atoms with Crippen LogP contribution in [0, 0.1) is 20.2 Å². The maximum atomic E-state index is 12.7. The van der Waals surface area contributed by atoms with Gasteiger partial charge in [0.1, 0.15) is 5.75 Å². The average molecular weight is 505 g/mol. The molecule has 36 heavy (non-hydrogen) atoms. The monoisotopic (exact) mass is 505 g/mol. The molecule has 0 spiro atoms. The minimum atomic E-state index is -0.765. The first-order valence-corrected chi connectivity index (χ1v) is 11.1. The first kappa shape index (κ1) is 24.3. The van der Waals surface area contributed by atoms with Crippen LogP contribution < -0.4 is 4.74 Å². The van der Waals surface area contributed by atoms with Gasteiger partial charge in [-0.05, 0) is 47.2 Å². The molecule has 0 bridgehead atoms. The number of imide groups is 1. The number of esters is 1. The second kappa shape index (κ2) is 10.2. The third kappa shape index (κ3) is 5.45. The zero-order valence-corrected chi connectivity index (χ0v) is 19.0. The molecule has 1 fully saturated rings. The quantitative estimate of drug-likeness (QED) is 0.143. The fraction of sp³-hybridized carbons (Fsp3) is 0.0417. The van der Waals surface area contributed by atoms with Crippen LogP contribution in [0.15, 0.2) is 77.7 Å². The predicted octanol–water partition coefficient (Wildman–Crippen LogP) is 4.96. The van der Waals surface area contributed by atoms with Gasteiger partial charge in [-0.2, -0.15) is 0 Å². The molecule has 3 aromatic rings. The van der Waals surface area contributed by atoms with Crippen LogP contribution in [0.1, 0.15) is 21.5 Å². The van der Waals surface area contributed by atoms with Gasteiger partial charge in [-0.3, -0.25) is 34.7 Å². The molecule has 0 aromatic heterocycles. The van der Waals surface area contributed by atoms with Crippen molar-refractivity contribution < 1.29 is 29.0 Å². The molecule has 0 unspecified atom stereocenters. The van der Waals surface area contributed by atoms with Gasteiger partial charge in [0.05, 0.1) is 26.9 Å². The summed E-state index contributed by atoms with van der Waals surface area (Å²) in [4.78, 5) is 59.1. The van der Waals surface area contributed by atoms with E-state index in [9.17, 15) is 34.6 Å². The van der Waals surface area contributed by atoms with E-state index in [0.29, 0.717) is 11.1 Å². The topological polar surface area (TPSA) is 150 Å². The summed E-state index contributed by atoms with van der Waals surface area (Å²) in [5, 5.41) is 21.2. The molecule has 1 saturated heterocycles. The van der Waals surface area contributed by atoms with E-state index in [-0.39, 0.29) is 34.1 Å². The van der Waals surface area contributed by atoms with Crippen LogP contribution in [0.5, 0.6) is 5.75 Å². The Kier molecular flexibility index (Phi) is 6.88. The second-order valence-corrected chi connectivity index (χ2v) is 8.45. The van der Waals surface area contributed by atoms with Crippen molar-refractivity contribution in [3.05, 3.63) is 115 Å². The van der Waals surface area contributed by atoms with E-state index in [0.717, 1.165) is 22.7 Å². The van der Waals surface area contributed by atoms with E-state index < -0.39 is 27.0 Å². The van der Waals surface area contributed by atoms with Gasteiger partial charge in [0.25, 0.3) is 22.5 Å². The Hall–Kier alpha value is -4.84. The fourth-order valence-electron chi connectivity index (χ4n) is 3.24. The second-order valence-electron chi connectivity index (χ2n) is 7.46. The van der Waals surface area contributed by atoms with Gasteiger partial charge in [-0.15, -0.1) is 0 Å². The number of hydrogen-bond acceptors (Lipinski definition) is 9. The molecule has 0 aliphatic carbocycles. The van der Waals surface area contributed by atoms with E-state index in [4.69, 9.17) is 4.74 Å². The molecule has 0 radical (unpaired) electrons. The summed E-state index contributed by atoms with van der Waals surface area (Å²) in [7, 11) is 0. The lowest BCUT2D eigenvalue weighted by Gasteiger charge is -2.12. The van der Waals surface area contributed by atoms with Gasteiger partial charge in [0, 0.05) is 24.3 Å². The number of benzene rings is 3. The molecule has 0 saturated carbocycles. The van der Waals surface area contributed by atoms with Crippen molar-refractivity contribution in [3.8, 4) is 5.75 Å². The summed E-state index contributed by atoms with van der Waals surface area (Å²) >= 11 is 0.770. The summed E-state index contributed by atoms with van der Waals surface area (Å²) in [5.74, 6) is -1.07. The van der Waals surface area contributed by atoms with E-state index in [1.807, 2.05) is 0 Å². The first-order chi connectivity index (χ1) is 17.2. The van der Waals surface area contributed by atoms with Crippen LogP contribution in [0.25, 0.3) is 6.08 Å². The number of nitrogens with zero attached hydrogens (tertiary/aromatic N) is 3. The number of nitro groups is 2. The number of amides is 2. The summed E-state index contributed by atoms with van der Waals surface area (Å²) in [6.07, 6.45) is 1.52. The highest BCUT2D eigenvalue weighted by Crippen LogP contribution is 2.33. The Bertz CT molecular complexity index is 1420. The van der Waals surface area contributed by atoms with Crippen molar-refractivity contribution >= 4 is 46.3 Å². The van der Waals surface area contributed by atoms with E-state index in [1.54, 1.807) is 12.1 Å². The number of ether oxygens (including phenoxy) is 1. The van der Waals surface area contributed by atoms with E-state index in [2.05, 4.69) is 0 Å². The molecule has 2 amide bonds. The van der Waals surface area contributed by atoms with E-state index in [1.165, 1.54) is 60.7 Å². The summed E-state index contributed by atoms with van der Waals surface area (Å²) in [5.41, 5.74) is 0.842. The number of thioether (sulfide) groups is 1. The zero-order chi connectivity index (χ0) is 25.8. The van der Waals surface area contributed by atoms with Crippen LogP contribution in [0.2, 0.25) is 0 Å². The van der Waals surface area contributed by atoms with Crippen molar-refractivity contribution in [2.45, 2.75) is 6.54 Å². The SMILES string of the molecule is O=C(Oc1ccc(/C=C2\SC(=O)N(Cc3ccc([N+](=O)[O-])cc3)C2=O)cc1)c1cccc([N+](=O)[O-])c1. The van der Waals surface area contributed by atoms with Crippen LogP contribution in [-0.2, 0) is 11.3 Å². The lowest BCUT2D eigenvalue weighted by molar-refractivity contribution is -0.385. The Labute approximate surface area is 207 Å². The van der Waals surface area contributed by atoms with Gasteiger partial charge >= 0.3 is 5.97 Å². The Balaban J connectivity index is 1.42. The molecule has 1 aliphatic rings. The number of nitro benzene ring substituents is 2. The van der Waals surface area contributed by atoms with Crippen LogP contribution in [0.4, 0.5) is 16.2 Å². The Morgan fingerprint density at radius 1 is 0.917 bits per heavy atom. The standard InChI is InChI=1S/C24H15N3O8S/c28-22-21(36-24(30)25(22)14-16-4-8-18(9-5-16)26(31)32)12-15-6-10-20(11-7-15)35-23(29)17-2-1-3-19(13-17)27(33)34/h1-13H,14H2/b21-12-. The number of hydrogen-bond donors (Lipinski definition) is 0. The maximum Gasteiger partial charge on any atom is 0.343 e. The van der Waals surface area contributed by atoms with Gasteiger partial charge in [-0.25, -0.2) is 4.79 Å². The smallest absolute Gasteiger partial charge is 0.343 e. The minimum absolute atomic E-state index is 0.0213. The molecule has 0 N–H and O–H groups in total. The summed E-state index contributed by atoms with van der Waals surface area (Å²) in [6, 6.07) is 16.9. The number of rotatable bonds is 7. The summed E-state index contributed by atoms with van der Waals surface area (Å²) in [6.45, 7) is -0.0213. The summed E-state index contributed by atoms with van der Waals surface area (Å²) < 4.78 is 5.25. The maximum absolute atomic E-state index is 12.7. The fourth-order valence-corrected chi connectivity index (χ4v) is 4.08. The van der Waals surface area contributed by atoms with Gasteiger partial charge in [0.15, 0.2) is 0 Å². The molecule has 11 nitrogen and oxygen atoms in total. The van der Waals surface area contributed by atoms with E-state index >= 15 is 0 Å². The predicted molar refractivity (Wildman–Crippen MR) is 129 cm³/mol. The molecular weight excluding hydrogens is 490 g/mol. The average Bonchev–Trinajstić information content (AvgIpc) is 3.12. The lowest BCUT2D eigenvalue weighted by Crippen LogP contribution is -2.27. The van der Waals surface area contributed by atoms with Crippen LogP contribution in [0.3, 0.4) is 0 Å². The van der Waals surface area contributed by atoms with Crippen LogP contribution >= 0.6 is 11.8 Å². The molecule has 12 heteroatoms. The van der Waals surface area contributed by atoms with Gasteiger partial charge in [0.2, 0.25) is 0 Å². The largest absolute Gasteiger partial charge is 0.423 e. The van der Waals surface area contributed by atoms with Crippen molar-refractivity contribution in [1.82, 2.24) is 4.90 Å². The molecule has 1 heterocycles. The number of carbonyl (C=O) groups excluding carboxylic acids is 3. The normalized spacial score (nSPS) is 14.2. The highest BCUT2D eigenvalue weighted by atomic mass is 32.2. The highest BCUT2D eigenvalue weighted by molar-refractivity contribution is 8.18. The number of carbonyl (C=O) groups is 3. The molecule has 3 aromatic carbocycles. The molecular formula is C24H15N3O8S. The molecule has 0 atom stereocenters. The van der Waals surface area contributed by atoms with Gasteiger partial charge in [-0.1, -0.05) is 30.3 Å². The van der Waals surface area contributed by atoms with Gasteiger partial charge < -0.3 is 4.74 Å². The molecule has 1 aliphatic heterocycles. The van der Waals surface area contributed by atoms with Crippen LogP contribution in [-0.4, -0.2) is 31.9 Å².